The Hall–Kier alpha value is -0.670. The molecule has 1 saturated heterocycles. The van der Waals surface area contributed by atoms with Gasteiger partial charge in [-0.15, -0.1) is 0 Å². The average molecular weight is 246 g/mol. The first-order chi connectivity index (χ1) is 7.63. The summed E-state index contributed by atoms with van der Waals surface area (Å²) in [6.45, 7) is 4.97. The van der Waals surface area contributed by atoms with Gasteiger partial charge in [-0.2, -0.15) is 0 Å². The van der Waals surface area contributed by atoms with Crippen LogP contribution in [-0.2, 0) is 9.32 Å². The van der Waals surface area contributed by atoms with E-state index in [4.69, 9.17) is 4.52 Å². The summed E-state index contributed by atoms with van der Waals surface area (Å²) < 4.78 is 5.62. The van der Waals surface area contributed by atoms with Gasteiger partial charge in [0.1, 0.15) is 6.04 Å². The van der Waals surface area contributed by atoms with Gasteiger partial charge in [0.05, 0.1) is 6.61 Å². The highest BCUT2D eigenvalue weighted by Gasteiger charge is 2.29. The average Bonchev–Trinajstić information content (AvgIpc) is 2.55. The minimum Gasteiger partial charge on any atom is -0.360 e. The van der Waals surface area contributed by atoms with Gasteiger partial charge in [-0.05, 0) is 25.7 Å². The molecule has 0 saturated carbocycles. The van der Waals surface area contributed by atoms with E-state index in [9.17, 15) is 9.59 Å². The number of unbranched alkanes of at least 4 members (excludes halogenated alkanes) is 1. The summed E-state index contributed by atoms with van der Waals surface area (Å²) in [5.74, 6) is -0.220. The normalized spacial score (nSPS) is 21.8. The molecule has 2 N–H and O–H groups in total. The summed E-state index contributed by atoms with van der Waals surface area (Å²) in [7, 11) is -0.473. The van der Waals surface area contributed by atoms with Crippen molar-refractivity contribution in [3.05, 3.63) is 0 Å². The van der Waals surface area contributed by atoms with Crippen LogP contribution in [0.3, 0.4) is 0 Å². The maximum Gasteiger partial charge on any atom is 0.322 e. The van der Waals surface area contributed by atoms with Crippen LogP contribution in [0.2, 0.25) is 0 Å². The molecular formula is C10H19N2O3P. The maximum absolute atomic E-state index is 11.2. The molecule has 1 heterocycles. The van der Waals surface area contributed by atoms with Crippen molar-refractivity contribution in [2.24, 2.45) is 0 Å². The predicted octanol–water partition coefficient (Wildman–Crippen LogP) is 1.43. The Kier molecular flexibility index (Phi) is 5.71. The van der Waals surface area contributed by atoms with Gasteiger partial charge < -0.3 is 9.84 Å². The molecule has 1 aliphatic rings. The molecule has 3 amide bonds. The Morgan fingerprint density at radius 1 is 1.44 bits per heavy atom. The van der Waals surface area contributed by atoms with Gasteiger partial charge in [0, 0.05) is 8.15 Å². The van der Waals surface area contributed by atoms with E-state index < -0.39 is 8.15 Å². The van der Waals surface area contributed by atoms with Gasteiger partial charge in [-0.1, -0.05) is 13.3 Å². The fraction of sp³-hybridized carbons (Fsp3) is 0.800. The fourth-order valence-electron chi connectivity index (χ4n) is 1.40. The summed E-state index contributed by atoms with van der Waals surface area (Å²) in [5.41, 5.74) is 0. The van der Waals surface area contributed by atoms with Gasteiger partial charge in [0.15, 0.2) is 0 Å². The smallest absolute Gasteiger partial charge is 0.322 e. The number of imide groups is 1. The molecule has 0 aliphatic carbocycles. The number of hydrogen-bond acceptors (Lipinski definition) is 3. The largest absolute Gasteiger partial charge is 0.360 e. The molecule has 1 aliphatic heterocycles. The first-order valence-electron chi connectivity index (χ1n) is 5.59. The van der Waals surface area contributed by atoms with Crippen LogP contribution in [0.25, 0.3) is 0 Å². The van der Waals surface area contributed by atoms with Crippen LogP contribution in [0.4, 0.5) is 4.79 Å². The molecule has 92 valence electrons. The van der Waals surface area contributed by atoms with Crippen molar-refractivity contribution in [1.82, 2.24) is 10.6 Å². The van der Waals surface area contributed by atoms with Crippen LogP contribution in [0.5, 0.6) is 0 Å². The number of urea groups is 1. The number of carbonyl (C=O) groups excluding carboxylic acids is 2. The van der Waals surface area contributed by atoms with Crippen molar-refractivity contribution in [2.45, 2.75) is 32.2 Å². The van der Waals surface area contributed by atoms with Crippen LogP contribution < -0.4 is 10.6 Å². The van der Waals surface area contributed by atoms with Crippen molar-refractivity contribution in [3.8, 4) is 0 Å². The van der Waals surface area contributed by atoms with Gasteiger partial charge in [0.2, 0.25) is 0 Å². The van der Waals surface area contributed by atoms with Crippen molar-refractivity contribution < 1.29 is 14.1 Å². The molecule has 0 aromatic carbocycles. The Morgan fingerprint density at radius 2 is 2.19 bits per heavy atom. The Bertz CT molecular complexity index is 260. The lowest BCUT2D eigenvalue weighted by atomic mass is 10.2. The minimum atomic E-state index is -0.473. The molecule has 2 unspecified atom stereocenters. The minimum absolute atomic E-state index is 0.220. The summed E-state index contributed by atoms with van der Waals surface area (Å²) in [6.07, 6.45) is 3.71. The summed E-state index contributed by atoms with van der Waals surface area (Å²) in [5, 5.41) is 4.80. The zero-order valence-corrected chi connectivity index (χ0v) is 10.7. The van der Waals surface area contributed by atoms with Crippen LogP contribution in [0, 0.1) is 0 Å². The third kappa shape index (κ3) is 4.45. The molecule has 0 aromatic rings. The maximum atomic E-state index is 11.2. The second-order valence-corrected chi connectivity index (χ2v) is 5.80. The highest BCUT2D eigenvalue weighted by molar-refractivity contribution is 7.51. The second-order valence-electron chi connectivity index (χ2n) is 3.84. The third-order valence-electron chi connectivity index (χ3n) is 2.40. The van der Waals surface area contributed by atoms with E-state index in [0.717, 1.165) is 25.6 Å². The number of hydrogen-bond donors (Lipinski definition) is 2. The molecule has 0 aromatic heterocycles. The molecule has 0 bridgehead atoms. The first-order valence-corrected chi connectivity index (χ1v) is 7.48. The van der Waals surface area contributed by atoms with E-state index >= 15 is 0 Å². The molecule has 1 fully saturated rings. The van der Waals surface area contributed by atoms with E-state index in [1.165, 1.54) is 0 Å². The molecule has 5 nitrogen and oxygen atoms in total. The highest BCUT2D eigenvalue weighted by atomic mass is 31.1. The van der Waals surface area contributed by atoms with Crippen LogP contribution in [-0.4, -0.2) is 37.4 Å². The van der Waals surface area contributed by atoms with E-state index in [2.05, 4.69) is 24.2 Å². The lowest BCUT2D eigenvalue weighted by molar-refractivity contribution is -0.120. The van der Waals surface area contributed by atoms with Crippen molar-refractivity contribution in [3.63, 3.8) is 0 Å². The lowest BCUT2D eigenvalue weighted by Gasteiger charge is -2.14. The topological polar surface area (TPSA) is 67.4 Å². The quantitative estimate of drug-likeness (QED) is 0.405. The number of rotatable bonds is 7. The third-order valence-corrected chi connectivity index (χ3v) is 3.91. The van der Waals surface area contributed by atoms with Crippen LogP contribution in [0.15, 0.2) is 0 Å². The zero-order chi connectivity index (χ0) is 12.0. The van der Waals surface area contributed by atoms with Crippen molar-refractivity contribution in [1.29, 1.82) is 0 Å². The summed E-state index contributed by atoms with van der Waals surface area (Å²) in [6, 6.07) is -0.755. The fourth-order valence-corrected chi connectivity index (χ4v) is 2.59. The van der Waals surface area contributed by atoms with Crippen molar-refractivity contribution >= 4 is 20.1 Å². The van der Waals surface area contributed by atoms with E-state index in [0.29, 0.717) is 6.42 Å². The SMILES string of the molecule is CCCCOP(C)CCC1NC(=O)NC1=O. The molecule has 2 atom stereocenters. The lowest BCUT2D eigenvalue weighted by Crippen LogP contribution is -2.29. The van der Waals surface area contributed by atoms with Gasteiger partial charge in [0.25, 0.3) is 5.91 Å². The number of nitrogens with one attached hydrogen (secondary N) is 2. The molecule has 16 heavy (non-hydrogen) atoms. The van der Waals surface area contributed by atoms with Crippen LogP contribution >= 0.6 is 8.15 Å². The van der Waals surface area contributed by atoms with E-state index in [1.54, 1.807) is 0 Å². The second kappa shape index (κ2) is 6.81. The summed E-state index contributed by atoms with van der Waals surface area (Å²) in [4.78, 5) is 22.1. The molecule has 6 heteroatoms. The first kappa shape index (κ1) is 13.4. The predicted molar refractivity (Wildman–Crippen MR) is 63.7 cm³/mol. The Labute approximate surface area is 97.1 Å². The molecule has 0 spiro atoms. The highest BCUT2D eigenvalue weighted by Crippen LogP contribution is 2.33. The molecule has 1 rings (SSSR count). The zero-order valence-electron chi connectivity index (χ0n) is 9.78. The molecule has 0 radical (unpaired) electrons. The van der Waals surface area contributed by atoms with Crippen LogP contribution in [0.1, 0.15) is 26.2 Å². The summed E-state index contributed by atoms with van der Waals surface area (Å²) >= 11 is 0. The van der Waals surface area contributed by atoms with E-state index in [1.807, 2.05) is 0 Å². The monoisotopic (exact) mass is 246 g/mol. The van der Waals surface area contributed by atoms with Gasteiger partial charge >= 0.3 is 6.03 Å². The van der Waals surface area contributed by atoms with Gasteiger partial charge in [-0.3, -0.25) is 10.1 Å². The standard InChI is InChI=1S/C10H19N2O3P/c1-3-4-6-15-16(2)7-5-8-9(13)12-10(14)11-8/h8H,3-7H2,1-2H3,(H2,11,12,13,14). The Morgan fingerprint density at radius 3 is 2.75 bits per heavy atom. The van der Waals surface area contributed by atoms with Crippen molar-refractivity contribution in [2.75, 3.05) is 19.4 Å². The number of carbonyl (C=O) groups is 2. The molecular weight excluding hydrogens is 227 g/mol. The van der Waals surface area contributed by atoms with E-state index in [-0.39, 0.29) is 18.0 Å². The van der Waals surface area contributed by atoms with Gasteiger partial charge in [-0.25, -0.2) is 4.79 Å². The Balaban J connectivity index is 2.14. The number of amides is 3.